The molecule has 2 aliphatic heterocycles. The van der Waals surface area contributed by atoms with Crippen LogP contribution >= 0.6 is 11.6 Å². The highest BCUT2D eigenvalue weighted by atomic mass is 35.5. The first-order valence-electron chi connectivity index (χ1n) is 7.92. The summed E-state index contributed by atoms with van der Waals surface area (Å²) >= 11 is 6.16. The molecule has 7 heteroatoms. The molecule has 2 aromatic carbocycles. The van der Waals surface area contributed by atoms with Gasteiger partial charge >= 0.3 is 0 Å². The van der Waals surface area contributed by atoms with Crippen molar-refractivity contribution < 1.29 is 9.59 Å². The summed E-state index contributed by atoms with van der Waals surface area (Å²) in [7, 11) is 0. The van der Waals surface area contributed by atoms with Crippen LogP contribution < -0.4 is 4.90 Å². The van der Waals surface area contributed by atoms with E-state index in [0.29, 0.717) is 17.3 Å². The van der Waals surface area contributed by atoms with Crippen LogP contribution in [0.25, 0.3) is 0 Å². The highest BCUT2D eigenvalue weighted by Gasteiger charge is 2.55. The van der Waals surface area contributed by atoms with Crippen molar-refractivity contribution in [2.75, 3.05) is 4.90 Å². The van der Waals surface area contributed by atoms with Gasteiger partial charge in [-0.05, 0) is 30.2 Å². The van der Waals surface area contributed by atoms with Crippen LogP contribution in [0.1, 0.15) is 11.1 Å². The molecule has 0 unspecified atom stereocenters. The summed E-state index contributed by atoms with van der Waals surface area (Å²) in [6.45, 7) is 2.42. The lowest BCUT2D eigenvalue weighted by molar-refractivity contribution is -0.123. The molecule has 4 rings (SSSR count). The molecule has 0 saturated carbocycles. The molecule has 0 N–H and O–H groups in total. The van der Waals surface area contributed by atoms with Crippen molar-refractivity contribution in [1.82, 2.24) is 5.01 Å². The second-order valence-corrected chi connectivity index (χ2v) is 6.49. The third kappa shape index (κ3) is 2.49. The minimum absolute atomic E-state index is 0.346. The smallest absolute Gasteiger partial charge is 0.263 e. The molecule has 0 aromatic heterocycles. The van der Waals surface area contributed by atoms with Gasteiger partial charge in [-0.25, -0.2) is 4.90 Å². The minimum Gasteiger partial charge on any atom is -0.271 e. The Morgan fingerprint density at radius 3 is 2.52 bits per heavy atom. The molecular weight excluding hydrogens is 340 g/mol. The molecule has 0 aliphatic carbocycles. The molecule has 2 aliphatic rings. The molecule has 2 aromatic rings. The van der Waals surface area contributed by atoms with E-state index in [1.807, 2.05) is 31.2 Å². The van der Waals surface area contributed by atoms with Gasteiger partial charge in [-0.3, -0.25) is 14.6 Å². The summed E-state index contributed by atoms with van der Waals surface area (Å²) < 4.78 is 0. The quantitative estimate of drug-likeness (QED) is 0.795. The number of amides is 2. The first-order chi connectivity index (χ1) is 12.1. The fourth-order valence-electron chi connectivity index (χ4n) is 3.19. The van der Waals surface area contributed by atoms with Gasteiger partial charge in [0.15, 0.2) is 12.1 Å². The number of nitrogens with zero attached hydrogens (tertiary/aromatic N) is 4. The van der Waals surface area contributed by atoms with Crippen molar-refractivity contribution in [3.05, 3.63) is 64.7 Å². The zero-order valence-corrected chi connectivity index (χ0v) is 14.2. The van der Waals surface area contributed by atoms with E-state index >= 15 is 0 Å². The second kappa shape index (κ2) is 5.97. The van der Waals surface area contributed by atoms with E-state index in [1.54, 1.807) is 29.3 Å². The Labute approximate surface area is 149 Å². The summed E-state index contributed by atoms with van der Waals surface area (Å²) in [5, 5.41) is 10.0. The number of hydrogen-bond acceptors (Lipinski definition) is 5. The van der Waals surface area contributed by atoms with Gasteiger partial charge in [0.2, 0.25) is 0 Å². The van der Waals surface area contributed by atoms with E-state index in [2.05, 4.69) is 10.3 Å². The van der Waals surface area contributed by atoms with Crippen LogP contribution in [0.5, 0.6) is 0 Å². The van der Waals surface area contributed by atoms with Crippen LogP contribution in [-0.2, 0) is 16.1 Å². The predicted octanol–water partition coefficient (Wildman–Crippen LogP) is 3.14. The number of fused-ring (bicyclic) bond motifs is 1. The van der Waals surface area contributed by atoms with Gasteiger partial charge < -0.3 is 0 Å². The molecule has 0 radical (unpaired) electrons. The molecule has 2 atom stereocenters. The number of rotatable bonds is 3. The number of benzene rings is 2. The van der Waals surface area contributed by atoms with Crippen molar-refractivity contribution in [2.45, 2.75) is 25.6 Å². The average molecular weight is 355 g/mol. The lowest BCUT2D eigenvalue weighted by Gasteiger charge is -2.21. The number of imide groups is 1. The van der Waals surface area contributed by atoms with E-state index in [9.17, 15) is 9.59 Å². The molecule has 0 spiro atoms. The van der Waals surface area contributed by atoms with Crippen LogP contribution in [0.2, 0.25) is 5.02 Å². The molecule has 126 valence electrons. The first-order valence-corrected chi connectivity index (χ1v) is 8.30. The Morgan fingerprint density at radius 1 is 1.04 bits per heavy atom. The molecule has 6 nitrogen and oxygen atoms in total. The largest absolute Gasteiger partial charge is 0.271 e. The summed E-state index contributed by atoms with van der Waals surface area (Å²) in [5.74, 6) is -0.735. The number of anilines is 1. The molecule has 2 amide bonds. The molecule has 1 fully saturated rings. The van der Waals surface area contributed by atoms with Crippen LogP contribution in [0.4, 0.5) is 5.69 Å². The Kier molecular flexibility index (Phi) is 3.77. The third-order valence-electron chi connectivity index (χ3n) is 4.54. The normalized spacial score (nSPS) is 22.0. The summed E-state index contributed by atoms with van der Waals surface area (Å²) in [6, 6.07) is 13.1. The van der Waals surface area contributed by atoms with E-state index in [4.69, 9.17) is 11.6 Å². The van der Waals surface area contributed by atoms with Crippen LogP contribution in [-0.4, -0.2) is 28.9 Å². The summed E-state index contributed by atoms with van der Waals surface area (Å²) in [5.41, 5.74) is 2.53. The Morgan fingerprint density at radius 2 is 1.76 bits per heavy atom. The lowest BCUT2D eigenvalue weighted by Crippen LogP contribution is -2.39. The Balaban J connectivity index is 1.64. The van der Waals surface area contributed by atoms with E-state index in [0.717, 1.165) is 16.0 Å². The number of hydrogen-bond donors (Lipinski definition) is 0. The zero-order chi connectivity index (χ0) is 17.6. The predicted molar refractivity (Wildman–Crippen MR) is 93.1 cm³/mol. The highest BCUT2D eigenvalue weighted by Crippen LogP contribution is 2.35. The molecule has 1 saturated heterocycles. The number of halogens is 1. The highest BCUT2D eigenvalue weighted by molar-refractivity contribution is 6.36. The number of para-hydroxylation sites is 1. The molecule has 2 heterocycles. The van der Waals surface area contributed by atoms with Gasteiger partial charge in [-0.1, -0.05) is 53.2 Å². The van der Waals surface area contributed by atoms with Crippen molar-refractivity contribution >= 4 is 29.1 Å². The Bertz CT molecular complexity index is 898. The maximum atomic E-state index is 12.9. The summed E-state index contributed by atoms with van der Waals surface area (Å²) in [4.78, 5) is 26.7. The number of carbonyl (C=O) groups is 2. The van der Waals surface area contributed by atoms with Crippen LogP contribution in [0.15, 0.2) is 58.9 Å². The fraction of sp³-hybridized carbons (Fsp3) is 0.222. The topological polar surface area (TPSA) is 65.3 Å². The van der Waals surface area contributed by atoms with Gasteiger partial charge in [0.25, 0.3) is 11.8 Å². The van der Waals surface area contributed by atoms with E-state index in [1.165, 1.54) is 0 Å². The van der Waals surface area contributed by atoms with Crippen molar-refractivity contribution in [3.8, 4) is 0 Å². The molecule has 25 heavy (non-hydrogen) atoms. The zero-order valence-electron chi connectivity index (χ0n) is 13.5. The standard InChI is InChI=1S/C18H15ClN4O2/c1-11-6-2-3-7-12(11)10-22-16-15(20-21-22)17(24)23(18(16)25)14-9-5-4-8-13(14)19/h2-9,15-16H,10H2,1H3/t15-,16-/m0/s1. The number of carbonyl (C=O) groups excluding carboxylic acids is 2. The van der Waals surface area contributed by atoms with Gasteiger partial charge in [-0.15, -0.1) is 0 Å². The van der Waals surface area contributed by atoms with Gasteiger partial charge in [-0.2, -0.15) is 5.11 Å². The molecule has 0 bridgehead atoms. The van der Waals surface area contributed by atoms with Crippen LogP contribution in [0.3, 0.4) is 0 Å². The monoisotopic (exact) mass is 354 g/mol. The van der Waals surface area contributed by atoms with Gasteiger partial charge in [0, 0.05) is 0 Å². The average Bonchev–Trinajstić information content (AvgIpc) is 3.12. The van der Waals surface area contributed by atoms with Crippen molar-refractivity contribution in [2.24, 2.45) is 10.3 Å². The van der Waals surface area contributed by atoms with Gasteiger partial charge in [0.05, 0.1) is 17.3 Å². The number of aryl methyl sites for hydroxylation is 1. The van der Waals surface area contributed by atoms with E-state index < -0.39 is 12.1 Å². The van der Waals surface area contributed by atoms with Gasteiger partial charge in [0.1, 0.15) is 0 Å². The Hall–Kier alpha value is -2.73. The third-order valence-corrected chi connectivity index (χ3v) is 4.86. The lowest BCUT2D eigenvalue weighted by atomic mass is 10.1. The minimum atomic E-state index is -0.812. The summed E-state index contributed by atoms with van der Waals surface area (Å²) in [6.07, 6.45) is 0. The van der Waals surface area contributed by atoms with Crippen molar-refractivity contribution in [1.29, 1.82) is 0 Å². The first kappa shape index (κ1) is 15.8. The maximum Gasteiger partial charge on any atom is 0.263 e. The maximum absolute atomic E-state index is 12.9. The van der Waals surface area contributed by atoms with Crippen molar-refractivity contribution in [3.63, 3.8) is 0 Å². The fourth-order valence-corrected chi connectivity index (χ4v) is 3.41. The second-order valence-electron chi connectivity index (χ2n) is 6.08. The van der Waals surface area contributed by atoms with E-state index in [-0.39, 0.29) is 11.8 Å². The van der Waals surface area contributed by atoms with Crippen LogP contribution in [0, 0.1) is 6.92 Å². The SMILES string of the molecule is Cc1ccccc1CN1N=N[C@@H]2C(=O)N(c3ccccc3Cl)C(=O)[C@H]21. The molecular formula is C18H15ClN4O2.